The highest BCUT2D eigenvalue weighted by Gasteiger charge is 2.34. The highest BCUT2D eigenvalue weighted by Crippen LogP contribution is 2.35. The summed E-state index contributed by atoms with van der Waals surface area (Å²) in [6, 6.07) is 15.2. The van der Waals surface area contributed by atoms with Gasteiger partial charge in [-0.3, -0.25) is 9.69 Å². The third-order valence-electron chi connectivity index (χ3n) is 4.78. The van der Waals surface area contributed by atoms with Gasteiger partial charge in [0.2, 0.25) is 5.91 Å². The second-order valence-electron chi connectivity index (χ2n) is 6.46. The molecule has 1 fully saturated rings. The number of fused-ring (bicyclic) bond motifs is 3. The monoisotopic (exact) mass is 325 g/mol. The van der Waals surface area contributed by atoms with Crippen LogP contribution in [0.2, 0.25) is 0 Å². The predicted molar refractivity (Wildman–Crippen MR) is 92.5 cm³/mol. The number of nitrogens with zero attached hydrogens (tertiary/aromatic N) is 2. The standard InChI is InChI=1S/C19H20FN3O/c20-16-7-4-8-17-19(16)23-10-9-22(12-14-5-2-1-3-6-14)13-15(23)11-18(24)21-17/h1-8,15H,9-13H2,(H,21,24)/t15-/m0/s1. The lowest BCUT2D eigenvalue weighted by molar-refractivity contribution is -0.116. The molecule has 0 spiro atoms. The highest BCUT2D eigenvalue weighted by atomic mass is 19.1. The molecule has 1 amide bonds. The zero-order valence-corrected chi connectivity index (χ0v) is 13.4. The molecule has 2 heterocycles. The quantitative estimate of drug-likeness (QED) is 0.922. The second kappa shape index (κ2) is 6.24. The van der Waals surface area contributed by atoms with E-state index in [1.54, 1.807) is 12.1 Å². The van der Waals surface area contributed by atoms with E-state index in [2.05, 4.69) is 27.2 Å². The van der Waals surface area contributed by atoms with Gasteiger partial charge in [-0.1, -0.05) is 36.4 Å². The lowest BCUT2D eigenvalue weighted by atomic mass is 10.1. The van der Waals surface area contributed by atoms with Crippen LogP contribution in [0.3, 0.4) is 0 Å². The van der Waals surface area contributed by atoms with E-state index in [1.807, 2.05) is 18.2 Å². The van der Waals surface area contributed by atoms with Crippen LogP contribution >= 0.6 is 0 Å². The zero-order valence-electron chi connectivity index (χ0n) is 13.4. The molecule has 0 radical (unpaired) electrons. The summed E-state index contributed by atoms with van der Waals surface area (Å²) in [5.74, 6) is -0.313. The second-order valence-corrected chi connectivity index (χ2v) is 6.46. The van der Waals surface area contributed by atoms with Gasteiger partial charge in [-0.2, -0.15) is 0 Å². The summed E-state index contributed by atoms with van der Waals surface area (Å²) >= 11 is 0. The summed E-state index contributed by atoms with van der Waals surface area (Å²) < 4.78 is 14.4. The van der Waals surface area contributed by atoms with Gasteiger partial charge in [0, 0.05) is 32.6 Å². The van der Waals surface area contributed by atoms with E-state index in [0.29, 0.717) is 17.8 Å². The number of nitrogens with one attached hydrogen (secondary N) is 1. The van der Waals surface area contributed by atoms with Crippen molar-refractivity contribution in [3.63, 3.8) is 0 Å². The molecular formula is C19H20FN3O. The molecule has 1 atom stereocenters. The number of carbonyl (C=O) groups excluding carboxylic acids is 1. The summed E-state index contributed by atoms with van der Waals surface area (Å²) in [4.78, 5) is 16.6. The largest absolute Gasteiger partial charge is 0.361 e. The minimum Gasteiger partial charge on any atom is -0.361 e. The highest BCUT2D eigenvalue weighted by molar-refractivity contribution is 5.96. The van der Waals surface area contributed by atoms with Gasteiger partial charge in [-0.25, -0.2) is 4.39 Å². The number of anilines is 2. The van der Waals surface area contributed by atoms with Crippen LogP contribution in [0.4, 0.5) is 15.8 Å². The molecule has 0 bridgehead atoms. The molecule has 0 aliphatic carbocycles. The molecule has 0 unspecified atom stereocenters. The van der Waals surface area contributed by atoms with E-state index in [-0.39, 0.29) is 17.8 Å². The van der Waals surface area contributed by atoms with Crippen LogP contribution in [0.1, 0.15) is 12.0 Å². The molecule has 2 aliphatic rings. The number of benzene rings is 2. The molecule has 0 aromatic heterocycles. The molecular weight excluding hydrogens is 305 g/mol. The van der Waals surface area contributed by atoms with Crippen LogP contribution in [-0.4, -0.2) is 36.5 Å². The fourth-order valence-corrected chi connectivity index (χ4v) is 3.70. The fraction of sp³-hybridized carbons (Fsp3) is 0.316. The van der Waals surface area contributed by atoms with Crippen molar-refractivity contribution < 1.29 is 9.18 Å². The summed E-state index contributed by atoms with van der Waals surface area (Å²) in [5.41, 5.74) is 2.38. The maximum atomic E-state index is 14.4. The Balaban J connectivity index is 1.58. The van der Waals surface area contributed by atoms with Crippen molar-refractivity contribution in [1.82, 2.24) is 4.90 Å². The van der Waals surface area contributed by atoms with E-state index in [4.69, 9.17) is 0 Å². The fourth-order valence-electron chi connectivity index (χ4n) is 3.70. The van der Waals surface area contributed by atoms with Crippen molar-refractivity contribution in [3.8, 4) is 0 Å². The Kier molecular flexibility index (Phi) is 3.94. The molecule has 24 heavy (non-hydrogen) atoms. The normalized spacial score (nSPS) is 20.8. The molecule has 4 nitrogen and oxygen atoms in total. The van der Waals surface area contributed by atoms with Gasteiger partial charge >= 0.3 is 0 Å². The third kappa shape index (κ3) is 2.87. The number of para-hydroxylation sites is 1. The van der Waals surface area contributed by atoms with E-state index in [0.717, 1.165) is 26.2 Å². The van der Waals surface area contributed by atoms with Crippen LogP contribution in [-0.2, 0) is 11.3 Å². The minimum atomic E-state index is -0.267. The van der Waals surface area contributed by atoms with E-state index in [1.165, 1.54) is 11.6 Å². The Morgan fingerprint density at radius 2 is 1.92 bits per heavy atom. The molecule has 2 aliphatic heterocycles. The number of amides is 1. The van der Waals surface area contributed by atoms with Crippen LogP contribution in [0.25, 0.3) is 0 Å². The first-order valence-corrected chi connectivity index (χ1v) is 8.32. The number of carbonyl (C=O) groups is 1. The maximum absolute atomic E-state index is 14.4. The van der Waals surface area contributed by atoms with Gasteiger partial charge in [-0.05, 0) is 17.7 Å². The Bertz CT molecular complexity index is 750. The first-order valence-electron chi connectivity index (χ1n) is 8.32. The van der Waals surface area contributed by atoms with Gasteiger partial charge in [0.05, 0.1) is 17.4 Å². The van der Waals surface area contributed by atoms with Crippen LogP contribution in [0.15, 0.2) is 48.5 Å². The number of hydrogen-bond donors (Lipinski definition) is 1. The molecule has 1 N–H and O–H groups in total. The van der Waals surface area contributed by atoms with Crippen molar-refractivity contribution in [2.24, 2.45) is 0 Å². The molecule has 124 valence electrons. The Labute approximate surface area is 140 Å². The number of piperazine rings is 1. The molecule has 2 aromatic rings. The Morgan fingerprint density at radius 1 is 1.08 bits per heavy atom. The topological polar surface area (TPSA) is 35.6 Å². The zero-order chi connectivity index (χ0) is 16.5. The van der Waals surface area contributed by atoms with Crippen molar-refractivity contribution in [3.05, 3.63) is 59.9 Å². The number of hydrogen-bond acceptors (Lipinski definition) is 3. The SMILES string of the molecule is O=C1C[C@H]2CN(Cc3ccccc3)CCN2c2c(F)cccc2N1. The molecule has 1 saturated heterocycles. The predicted octanol–water partition coefficient (Wildman–Crippen LogP) is 2.86. The average molecular weight is 325 g/mol. The summed E-state index contributed by atoms with van der Waals surface area (Å²) in [7, 11) is 0. The van der Waals surface area contributed by atoms with E-state index < -0.39 is 0 Å². The van der Waals surface area contributed by atoms with Gasteiger partial charge in [-0.15, -0.1) is 0 Å². The first-order chi connectivity index (χ1) is 11.7. The van der Waals surface area contributed by atoms with Crippen molar-refractivity contribution in [2.75, 3.05) is 29.9 Å². The minimum absolute atomic E-state index is 0.000567. The first kappa shape index (κ1) is 15.1. The van der Waals surface area contributed by atoms with E-state index in [9.17, 15) is 9.18 Å². The molecule has 5 heteroatoms. The van der Waals surface area contributed by atoms with Crippen molar-refractivity contribution >= 4 is 17.3 Å². The summed E-state index contributed by atoms with van der Waals surface area (Å²) in [5, 5.41) is 2.84. The smallest absolute Gasteiger partial charge is 0.226 e. The van der Waals surface area contributed by atoms with Crippen molar-refractivity contribution in [2.45, 2.75) is 19.0 Å². The lowest BCUT2D eigenvalue weighted by Gasteiger charge is -2.42. The average Bonchev–Trinajstić information content (AvgIpc) is 2.71. The number of halogens is 1. The summed E-state index contributed by atoms with van der Waals surface area (Å²) in [6.07, 6.45) is 0.388. The van der Waals surface area contributed by atoms with Crippen molar-refractivity contribution in [1.29, 1.82) is 0 Å². The number of rotatable bonds is 2. The molecule has 0 saturated carbocycles. The third-order valence-corrected chi connectivity index (χ3v) is 4.78. The molecule has 2 aromatic carbocycles. The Morgan fingerprint density at radius 3 is 2.75 bits per heavy atom. The van der Waals surface area contributed by atoms with Gasteiger partial charge in [0.25, 0.3) is 0 Å². The Hall–Kier alpha value is -2.40. The van der Waals surface area contributed by atoms with Crippen LogP contribution < -0.4 is 10.2 Å². The maximum Gasteiger partial charge on any atom is 0.226 e. The van der Waals surface area contributed by atoms with E-state index >= 15 is 0 Å². The molecule has 4 rings (SSSR count). The van der Waals surface area contributed by atoms with Gasteiger partial charge < -0.3 is 10.2 Å². The van der Waals surface area contributed by atoms with Crippen LogP contribution in [0, 0.1) is 5.82 Å². The lowest BCUT2D eigenvalue weighted by Crippen LogP contribution is -2.53. The summed E-state index contributed by atoms with van der Waals surface area (Å²) in [6.45, 7) is 3.20. The van der Waals surface area contributed by atoms with Gasteiger partial charge in [0.1, 0.15) is 5.82 Å². The van der Waals surface area contributed by atoms with Gasteiger partial charge in [0.15, 0.2) is 0 Å². The van der Waals surface area contributed by atoms with Crippen LogP contribution in [0.5, 0.6) is 0 Å².